The Bertz CT molecular complexity index is 596. The second-order valence-electron chi connectivity index (χ2n) is 7.47. The SMILES string of the molecule is CC(=O)OC1CC2(C)OC23CC=C(C)[C@@H]3C2OC(=O)[C@@H](C)[C@H]12. The minimum Gasteiger partial charge on any atom is -0.462 e. The van der Waals surface area contributed by atoms with Crippen LogP contribution in [0.3, 0.4) is 0 Å². The summed E-state index contributed by atoms with van der Waals surface area (Å²) >= 11 is 0. The summed E-state index contributed by atoms with van der Waals surface area (Å²) in [5.74, 6) is -0.759. The van der Waals surface area contributed by atoms with Gasteiger partial charge in [0.25, 0.3) is 0 Å². The van der Waals surface area contributed by atoms with Crippen molar-refractivity contribution >= 4 is 11.9 Å². The summed E-state index contributed by atoms with van der Waals surface area (Å²) in [6, 6.07) is 0. The van der Waals surface area contributed by atoms with Crippen molar-refractivity contribution in [3.63, 3.8) is 0 Å². The predicted octanol–water partition coefficient (Wildman–Crippen LogP) is 1.99. The molecule has 7 atom stereocenters. The summed E-state index contributed by atoms with van der Waals surface area (Å²) in [7, 11) is 0. The van der Waals surface area contributed by atoms with Crippen molar-refractivity contribution in [1.29, 1.82) is 0 Å². The van der Waals surface area contributed by atoms with Crippen molar-refractivity contribution in [3.05, 3.63) is 11.6 Å². The van der Waals surface area contributed by atoms with E-state index >= 15 is 0 Å². The topological polar surface area (TPSA) is 65.1 Å². The molecule has 5 heteroatoms. The molecule has 0 aromatic carbocycles. The summed E-state index contributed by atoms with van der Waals surface area (Å²) in [6.07, 6.45) is 3.10. The van der Waals surface area contributed by atoms with Crippen LogP contribution in [0.15, 0.2) is 11.6 Å². The molecule has 1 saturated carbocycles. The van der Waals surface area contributed by atoms with E-state index in [4.69, 9.17) is 14.2 Å². The first-order valence-corrected chi connectivity index (χ1v) is 8.04. The summed E-state index contributed by atoms with van der Waals surface area (Å²) in [4.78, 5) is 23.7. The molecule has 4 aliphatic rings. The lowest BCUT2D eigenvalue weighted by molar-refractivity contribution is -0.152. The lowest BCUT2D eigenvalue weighted by Crippen LogP contribution is -2.40. The van der Waals surface area contributed by atoms with Gasteiger partial charge in [-0.1, -0.05) is 18.6 Å². The Morgan fingerprint density at radius 1 is 1.45 bits per heavy atom. The number of hydrogen-bond acceptors (Lipinski definition) is 5. The molecule has 0 amide bonds. The summed E-state index contributed by atoms with van der Waals surface area (Å²) in [5, 5.41) is 0. The fourth-order valence-corrected chi connectivity index (χ4v) is 5.14. The molecule has 5 nitrogen and oxygen atoms in total. The molecule has 2 heterocycles. The number of rotatable bonds is 1. The molecule has 0 radical (unpaired) electrons. The van der Waals surface area contributed by atoms with E-state index in [9.17, 15) is 9.59 Å². The maximum atomic E-state index is 12.2. The van der Waals surface area contributed by atoms with E-state index in [1.165, 1.54) is 12.5 Å². The molecule has 2 saturated heterocycles. The van der Waals surface area contributed by atoms with Crippen LogP contribution in [-0.4, -0.2) is 35.3 Å². The molecule has 0 aromatic rings. The van der Waals surface area contributed by atoms with Crippen molar-refractivity contribution in [3.8, 4) is 0 Å². The third-order valence-electron chi connectivity index (χ3n) is 6.23. The number of carbonyl (C=O) groups is 2. The standard InChI is InChI=1S/C17H22O5/c1-8-5-6-17-13(8)14-12(9(2)15(19)21-14)11(20-10(3)18)7-16(17,4)22-17/h5,9,11-14H,6-7H2,1-4H3/t9-,11?,12+,13+,14?,16?,17?/m0/s1. The third-order valence-corrected chi connectivity index (χ3v) is 6.23. The molecule has 3 fully saturated rings. The van der Waals surface area contributed by atoms with Gasteiger partial charge in [-0.3, -0.25) is 9.59 Å². The van der Waals surface area contributed by atoms with Crippen molar-refractivity contribution in [1.82, 2.24) is 0 Å². The molecule has 4 unspecified atom stereocenters. The number of ether oxygens (including phenoxy) is 3. The third kappa shape index (κ3) is 1.58. The Kier molecular flexibility index (Phi) is 2.68. The van der Waals surface area contributed by atoms with Crippen LogP contribution in [0, 0.1) is 17.8 Å². The van der Waals surface area contributed by atoms with Gasteiger partial charge in [-0.15, -0.1) is 0 Å². The minimum atomic E-state index is -0.327. The van der Waals surface area contributed by atoms with Crippen LogP contribution in [-0.2, 0) is 23.8 Å². The molecule has 4 rings (SSSR count). The van der Waals surface area contributed by atoms with Crippen molar-refractivity contribution in [2.75, 3.05) is 0 Å². The Morgan fingerprint density at radius 3 is 2.86 bits per heavy atom. The van der Waals surface area contributed by atoms with Gasteiger partial charge in [-0.05, 0) is 20.3 Å². The van der Waals surface area contributed by atoms with Gasteiger partial charge in [0, 0.05) is 25.2 Å². The predicted molar refractivity (Wildman–Crippen MR) is 76.8 cm³/mol. The normalized spacial score (nSPS) is 51.9. The second-order valence-corrected chi connectivity index (χ2v) is 7.47. The molecule has 120 valence electrons. The molecule has 2 aliphatic carbocycles. The zero-order valence-corrected chi connectivity index (χ0v) is 13.4. The average Bonchev–Trinajstić information content (AvgIpc) is 2.68. The zero-order chi connectivity index (χ0) is 15.9. The second kappa shape index (κ2) is 4.13. The van der Waals surface area contributed by atoms with Crippen LogP contribution in [0.2, 0.25) is 0 Å². The Morgan fingerprint density at radius 2 is 2.18 bits per heavy atom. The Labute approximate surface area is 130 Å². The smallest absolute Gasteiger partial charge is 0.309 e. The largest absolute Gasteiger partial charge is 0.462 e. The fourth-order valence-electron chi connectivity index (χ4n) is 5.14. The number of fused-ring (bicyclic) bond motifs is 2. The summed E-state index contributed by atoms with van der Waals surface area (Å²) < 4.78 is 17.5. The van der Waals surface area contributed by atoms with Gasteiger partial charge in [0.2, 0.25) is 0 Å². The van der Waals surface area contributed by atoms with Gasteiger partial charge in [0.05, 0.1) is 11.5 Å². The first kappa shape index (κ1) is 14.2. The highest BCUT2D eigenvalue weighted by Gasteiger charge is 2.77. The van der Waals surface area contributed by atoms with Gasteiger partial charge in [-0.2, -0.15) is 0 Å². The quantitative estimate of drug-likeness (QED) is 0.421. The molecule has 0 N–H and O–H groups in total. The average molecular weight is 306 g/mol. The van der Waals surface area contributed by atoms with Gasteiger partial charge < -0.3 is 14.2 Å². The van der Waals surface area contributed by atoms with E-state index in [-0.39, 0.29) is 53.1 Å². The molecular formula is C17H22O5. The fraction of sp³-hybridized carbons (Fsp3) is 0.765. The Hall–Kier alpha value is -1.36. The van der Waals surface area contributed by atoms with Gasteiger partial charge in [-0.25, -0.2) is 0 Å². The highest BCUT2D eigenvalue weighted by atomic mass is 16.6. The van der Waals surface area contributed by atoms with Gasteiger partial charge in [0.15, 0.2) is 0 Å². The van der Waals surface area contributed by atoms with Gasteiger partial charge >= 0.3 is 11.9 Å². The highest BCUT2D eigenvalue weighted by Crippen LogP contribution is 2.67. The van der Waals surface area contributed by atoms with E-state index in [0.717, 1.165) is 6.42 Å². The Balaban J connectivity index is 1.78. The van der Waals surface area contributed by atoms with Gasteiger partial charge in [0.1, 0.15) is 17.8 Å². The van der Waals surface area contributed by atoms with E-state index in [1.807, 2.05) is 6.92 Å². The lowest BCUT2D eigenvalue weighted by Gasteiger charge is -2.30. The maximum absolute atomic E-state index is 12.2. The van der Waals surface area contributed by atoms with Crippen LogP contribution in [0.4, 0.5) is 0 Å². The zero-order valence-electron chi connectivity index (χ0n) is 13.4. The molecule has 2 aliphatic heterocycles. The molecular weight excluding hydrogens is 284 g/mol. The highest BCUT2D eigenvalue weighted by molar-refractivity contribution is 5.75. The maximum Gasteiger partial charge on any atom is 0.309 e. The van der Waals surface area contributed by atoms with E-state index < -0.39 is 0 Å². The van der Waals surface area contributed by atoms with Crippen molar-refractivity contribution in [2.24, 2.45) is 17.8 Å². The molecule has 22 heavy (non-hydrogen) atoms. The number of hydrogen-bond donors (Lipinski definition) is 0. The van der Waals surface area contributed by atoms with E-state index in [0.29, 0.717) is 6.42 Å². The van der Waals surface area contributed by atoms with Crippen molar-refractivity contribution in [2.45, 2.75) is 63.9 Å². The van der Waals surface area contributed by atoms with Crippen LogP contribution in [0.1, 0.15) is 40.5 Å². The number of carbonyl (C=O) groups excluding carboxylic acids is 2. The van der Waals surface area contributed by atoms with E-state index in [2.05, 4.69) is 19.9 Å². The monoisotopic (exact) mass is 306 g/mol. The first-order valence-electron chi connectivity index (χ1n) is 8.04. The molecule has 0 bridgehead atoms. The van der Waals surface area contributed by atoms with Crippen LogP contribution >= 0.6 is 0 Å². The number of esters is 2. The summed E-state index contributed by atoms with van der Waals surface area (Å²) in [6.45, 7) is 7.47. The molecule has 0 aromatic heterocycles. The van der Waals surface area contributed by atoms with Crippen LogP contribution in [0.5, 0.6) is 0 Å². The van der Waals surface area contributed by atoms with Crippen molar-refractivity contribution < 1.29 is 23.8 Å². The first-order chi connectivity index (χ1) is 10.3. The lowest BCUT2D eigenvalue weighted by atomic mass is 9.77. The van der Waals surface area contributed by atoms with Crippen LogP contribution in [0.25, 0.3) is 0 Å². The minimum absolute atomic E-state index is 0.0805. The number of epoxide rings is 1. The molecule has 1 spiro atoms. The summed E-state index contributed by atoms with van der Waals surface area (Å²) in [5.41, 5.74) is 0.644. The van der Waals surface area contributed by atoms with E-state index in [1.54, 1.807) is 0 Å². The van der Waals surface area contributed by atoms with Crippen LogP contribution < -0.4 is 0 Å².